The van der Waals surface area contributed by atoms with Gasteiger partial charge in [-0.3, -0.25) is 0 Å². The van der Waals surface area contributed by atoms with Crippen LogP contribution in [0.4, 0.5) is 0 Å². The Morgan fingerprint density at radius 1 is 0.694 bits per heavy atom. The third-order valence-corrected chi connectivity index (χ3v) is 5.95. The Hall–Kier alpha value is -4.22. The molecule has 0 aromatic heterocycles. The second-order valence-corrected chi connectivity index (χ2v) is 8.89. The molecule has 0 radical (unpaired) electrons. The van der Waals surface area contributed by atoms with Gasteiger partial charge in [0.05, 0.1) is 11.1 Å². The van der Waals surface area contributed by atoms with Crippen LogP contribution in [0.25, 0.3) is 0 Å². The van der Waals surface area contributed by atoms with Crippen LogP contribution >= 0.6 is 0 Å². The van der Waals surface area contributed by atoms with Gasteiger partial charge in [-0.2, -0.15) is 0 Å². The molecule has 1 atom stereocenters. The Morgan fingerprint density at radius 2 is 1.22 bits per heavy atom. The zero-order chi connectivity index (χ0) is 25.5. The minimum atomic E-state index is -0.522. The van der Waals surface area contributed by atoms with Crippen LogP contribution in [0.15, 0.2) is 103 Å². The van der Waals surface area contributed by atoms with Crippen molar-refractivity contribution in [3.05, 3.63) is 131 Å². The molecule has 0 aliphatic carbocycles. The summed E-state index contributed by atoms with van der Waals surface area (Å²) in [5.41, 5.74) is 4.16. The van der Waals surface area contributed by atoms with Gasteiger partial charge in [-0.25, -0.2) is 9.59 Å². The predicted molar refractivity (Wildman–Crippen MR) is 141 cm³/mol. The first kappa shape index (κ1) is 24.9. The first-order chi connectivity index (χ1) is 17.4. The van der Waals surface area contributed by atoms with Crippen molar-refractivity contribution in [1.82, 2.24) is 4.90 Å². The van der Waals surface area contributed by atoms with E-state index in [1.165, 1.54) is 11.1 Å². The topological polar surface area (TPSA) is 55.8 Å². The Balaban J connectivity index is 1.64. The molecule has 0 fully saturated rings. The molecule has 5 heteroatoms. The molecule has 5 nitrogen and oxygen atoms in total. The van der Waals surface area contributed by atoms with E-state index in [1.807, 2.05) is 32.3 Å². The molecule has 182 valence electrons. The maximum absolute atomic E-state index is 12.8. The van der Waals surface area contributed by atoms with E-state index in [4.69, 9.17) is 9.47 Å². The first-order valence-electron chi connectivity index (χ1n) is 11.8. The molecule has 0 bridgehead atoms. The number of aryl methyl sites for hydroxylation is 1. The number of benzene rings is 4. The maximum atomic E-state index is 12.8. The van der Waals surface area contributed by atoms with Gasteiger partial charge in [0.2, 0.25) is 0 Å². The molecule has 4 aromatic rings. The van der Waals surface area contributed by atoms with Gasteiger partial charge in [-0.05, 0) is 75.0 Å². The number of carbonyl (C=O) groups excluding carboxylic acids is 2. The summed E-state index contributed by atoms with van der Waals surface area (Å²) >= 11 is 0. The quantitative estimate of drug-likeness (QED) is 0.220. The Kier molecular flexibility index (Phi) is 7.93. The van der Waals surface area contributed by atoms with Crippen molar-refractivity contribution >= 4 is 11.9 Å². The summed E-state index contributed by atoms with van der Waals surface area (Å²) in [5, 5.41) is 0. The van der Waals surface area contributed by atoms with Gasteiger partial charge in [-0.15, -0.1) is 0 Å². The fourth-order valence-corrected chi connectivity index (χ4v) is 3.92. The first-order valence-corrected chi connectivity index (χ1v) is 11.8. The Morgan fingerprint density at radius 3 is 1.75 bits per heavy atom. The fourth-order valence-electron chi connectivity index (χ4n) is 3.92. The average molecular weight is 480 g/mol. The van der Waals surface area contributed by atoms with Crippen LogP contribution < -0.4 is 9.47 Å². The van der Waals surface area contributed by atoms with Gasteiger partial charge in [0.25, 0.3) is 0 Å². The molecule has 0 spiro atoms. The lowest BCUT2D eigenvalue weighted by Gasteiger charge is -2.25. The summed E-state index contributed by atoms with van der Waals surface area (Å²) in [5.74, 6) is -0.653. The summed E-state index contributed by atoms with van der Waals surface area (Å²) in [6, 6.07) is 31.4. The van der Waals surface area contributed by atoms with Crippen molar-refractivity contribution < 1.29 is 19.1 Å². The minimum absolute atomic E-state index is 0.112. The number of hydrogen-bond donors (Lipinski definition) is 0. The molecule has 0 aliphatic rings. The molecule has 0 heterocycles. The standard InChI is InChI=1S/C31H29NO4/c1-22-14-17-24(18-15-22)27(32(2)3)20-23-16-19-28(35-30(33)25-10-6-4-7-11-25)29(21-23)36-31(34)26-12-8-5-9-13-26/h4-19,21,27H,20H2,1-3H3. The van der Waals surface area contributed by atoms with Crippen molar-refractivity contribution in [2.24, 2.45) is 0 Å². The summed E-state index contributed by atoms with van der Waals surface area (Å²) in [7, 11) is 4.08. The smallest absolute Gasteiger partial charge is 0.343 e. The van der Waals surface area contributed by atoms with Crippen LogP contribution in [-0.4, -0.2) is 30.9 Å². The molecular weight excluding hydrogens is 450 g/mol. The number of esters is 2. The van der Waals surface area contributed by atoms with Crippen LogP contribution in [0.5, 0.6) is 11.5 Å². The van der Waals surface area contributed by atoms with E-state index in [1.54, 1.807) is 60.7 Å². The number of ether oxygens (including phenoxy) is 2. The average Bonchev–Trinajstić information content (AvgIpc) is 2.90. The van der Waals surface area contributed by atoms with E-state index < -0.39 is 11.9 Å². The van der Waals surface area contributed by atoms with Crippen LogP contribution in [0.1, 0.15) is 43.4 Å². The van der Waals surface area contributed by atoms with E-state index in [9.17, 15) is 9.59 Å². The monoisotopic (exact) mass is 479 g/mol. The fraction of sp³-hybridized carbons (Fsp3) is 0.161. The lowest BCUT2D eigenvalue weighted by atomic mass is 9.97. The van der Waals surface area contributed by atoms with Gasteiger partial charge >= 0.3 is 11.9 Å². The highest BCUT2D eigenvalue weighted by atomic mass is 16.6. The summed E-state index contributed by atoms with van der Waals surface area (Å²) in [6.45, 7) is 2.07. The molecular formula is C31H29NO4. The van der Waals surface area contributed by atoms with E-state index in [-0.39, 0.29) is 17.5 Å². The number of nitrogens with zero attached hydrogens (tertiary/aromatic N) is 1. The second kappa shape index (κ2) is 11.5. The summed E-state index contributed by atoms with van der Waals surface area (Å²) < 4.78 is 11.4. The second-order valence-electron chi connectivity index (χ2n) is 8.89. The van der Waals surface area contributed by atoms with Crippen molar-refractivity contribution in [2.75, 3.05) is 14.1 Å². The van der Waals surface area contributed by atoms with Crippen LogP contribution in [-0.2, 0) is 6.42 Å². The molecule has 0 aliphatic heterocycles. The van der Waals surface area contributed by atoms with Crippen molar-refractivity contribution in [1.29, 1.82) is 0 Å². The maximum Gasteiger partial charge on any atom is 0.343 e. The van der Waals surface area contributed by atoms with E-state index in [0.29, 0.717) is 17.5 Å². The van der Waals surface area contributed by atoms with Gasteiger partial charge in [0, 0.05) is 6.04 Å². The highest BCUT2D eigenvalue weighted by molar-refractivity contribution is 5.93. The van der Waals surface area contributed by atoms with Crippen LogP contribution in [0.3, 0.4) is 0 Å². The number of carbonyl (C=O) groups is 2. The van der Waals surface area contributed by atoms with E-state index >= 15 is 0 Å². The third kappa shape index (κ3) is 6.26. The zero-order valence-corrected chi connectivity index (χ0v) is 20.7. The van der Waals surface area contributed by atoms with Crippen molar-refractivity contribution in [3.8, 4) is 11.5 Å². The molecule has 4 aromatic carbocycles. The molecule has 0 saturated carbocycles. The van der Waals surface area contributed by atoms with Gasteiger partial charge < -0.3 is 14.4 Å². The third-order valence-electron chi connectivity index (χ3n) is 5.95. The SMILES string of the molecule is Cc1ccc(C(Cc2ccc(OC(=O)c3ccccc3)c(OC(=O)c3ccccc3)c2)N(C)C)cc1. The number of rotatable bonds is 8. The molecule has 0 amide bonds. The summed E-state index contributed by atoms with van der Waals surface area (Å²) in [6.07, 6.45) is 0.679. The lowest BCUT2D eigenvalue weighted by molar-refractivity contribution is 0.0682. The number of hydrogen-bond acceptors (Lipinski definition) is 5. The van der Waals surface area contributed by atoms with E-state index in [2.05, 4.69) is 36.1 Å². The van der Waals surface area contributed by atoms with Crippen LogP contribution in [0.2, 0.25) is 0 Å². The predicted octanol–water partition coefficient (Wildman–Crippen LogP) is 6.28. The minimum Gasteiger partial charge on any atom is -0.419 e. The van der Waals surface area contributed by atoms with Crippen molar-refractivity contribution in [3.63, 3.8) is 0 Å². The van der Waals surface area contributed by atoms with E-state index in [0.717, 1.165) is 5.56 Å². The molecule has 0 saturated heterocycles. The zero-order valence-electron chi connectivity index (χ0n) is 20.7. The van der Waals surface area contributed by atoms with Gasteiger partial charge in [0.1, 0.15) is 0 Å². The molecule has 1 unspecified atom stereocenters. The molecule has 0 N–H and O–H groups in total. The number of likely N-dealkylation sites (N-methyl/N-ethyl adjacent to an activating group) is 1. The normalized spacial score (nSPS) is 11.7. The molecule has 36 heavy (non-hydrogen) atoms. The largest absolute Gasteiger partial charge is 0.419 e. The van der Waals surface area contributed by atoms with Gasteiger partial charge in [-0.1, -0.05) is 72.3 Å². The van der Waals surface area contributed by atoms with Crippen molar-refractivity contribution in [2.45, 2.75) is 19.4 Å². The Bertz CT molecular complexity index is 1320. The highest BCUT2D eigenvalue weighted by Gasteiger charge is 2.20. The summed E-state index contributed by atoms with van der Waals surface area (Å²) in [4.78, 5) is 27.7. The lowest BCUT2D eigenvalue weighted by Crippen LogP contribution is -2.22. The van der Waals surface area contributed by atoms with Gasteiger partial charge in [0.15, 0.2) is 11.5 Å². The van der Waals surface area contributed by atoms with Crippen LogP contribution in [0, 0.1) is 6.92 Å². The highest BCUT2D eigenvalue weighted by Crippen LogP contribution is 2.33. The molecule has 4 rings (SSSR count). The Labute approximate surface area is 211 Å².